The first-order valence-electron chi connectivity index (χ1n) is 48.9. The fourth-order valence-electron chi connectivity index (χ4n) is 19.2. The van der Waals surface area contributed by atoms with Gasteiger partial charge < -0.3 is 23.8 Å². The van der Waals surface area contributed by atoms with E-state index in [2.05, 4.69) is 388 Å². The van der Waals surface area contributed by atoms with Gasteiger partial charge in [0, 0.05) is 95.0 Å². The van der Waals surface area contributed by atoms with Crippen LogP contribution in [0.1, 0.15) is 170 Å². The molecule has 20 rings (SSSR count). The Hall–Kier alpha value is -13.4. The van der Waals surface area contributed by atoms with Gasteiger partial charge in [-0.3, -0.25) is 0 Å². The highest BCUT2D eigenvalue weighted by Gasteiger charge is 2.47. The Morgan fingerprint density at radius 2 is 0.595 bits per heavy atom. The molecule has 0 N–H and O–H groups in total. The third-order valence-corrected chi connectivity index (χ3v) is 26.2. The summed E-state index contributed by atoms with van der Waals surface area (Å²) in [5.74, 6) is 0. The van der Waals surface area contributed by atoms with Gasteiger partial charge in [0.2, 0.25) is 0 Å². The zero-order valence-corrected chi connectivity index (χ0v) is 75.6. The molecule has 0 radical (unpaired) electrons. The zero-order valence-electron chi connectivity index (χ0n) is 84.6. The van der Waals surface area contributed by atoms with Crippen LogP contribution in [0, 0.1) is 0 Å². The van der Waals surface area contributed by atoms with Gasteiger partial charge in [-0.15, -0.1) is 0 Å². The van der Waals surface area contributed by atoms with Crippen molar-refractivity contribution in [1.29, 1.82) is 0 Å². The Labute approximate surface area is 758 Å². The predicted molar refractivity (Wildman–Crippen MR) is 543 cm³/mol. The lowest BCUT2D eigenvalue weighted by atomic mass is 9.33. The van der Waals surface area contributed by atoms with Crippen LogP contribution in [0.15, 0.2) is 352 Å². The molecule has 4 heterocycles. The molecule has 2 aliphatic heterocycles. The number of fused-ring (bicyclic) bond motifs is 10. The van der Waals surface area contributed by atoms with Crippen LogP contribution >= 0.6 is 0 Å². The van der Waals surface area contributed by atoms with Gasteiger partial charge >= 0.3 is 0 Å². The van der Waals surface area contributed by atoms with Crippen LogP contribution in [-0.2, 0) is 32.5 Å². The molecule has 0 atom stereocenters. The van der Waals surface area contributed by atoms with Crippen LogP contribution in [0.5, 0.6) is 0 Å². The second kappa shape index (κ2) is 30.2. The molecule has 0 saturated carbocycles. The highest BCUT2D eigenvalue weighted by molar-refractivity contribution is 7.00. The van der Waals surface area contributed by atoms with Crippen molar-refractivity contribution >= 4 is 118 Å². The van der Waals surface area contributed by atoms with Gasteiger partial charge in [0.1, 0.15) is 0 Å². The van der Waals surface area contributed by atoms with Crippen LogP contribution in [0.25, 0.3) is 111 Å². The van der Waals surface area contributed by atoms with Crippen LogP contribution in [0.2, 0.25) is 0 Å². The fourth-order valence-corrected chi connectivity index (χ4v) is 19.2. The number of hydrogen-bond acceptors (Lipinski definition) is 3. The molecule has 0 unspecified atom stereocenters. The highest BCUT2D eigenvalue weighted by Crippen LogP contribution is 2.57. The summed E-state index contributed by atoms with van der Waals surface area (Å²) in [5, 5.41) is 3.05. The molecule has 0 spiro atoms. The lowest BCUT2D eigenvalue weighted by Crippen LogP contribution is -2.61. The summed E-state index contributed by atoms with van der Waals surface area (Å²) in [6.45, 7) is 41.0. The van der Waals surface area contributed by atoms with Crippen LogP contribution < -0.4 is 31.1 Å². The molecule has 126 heavy (non-hydrogen) atoms. The molecule has 620 valence electrons. The van der Waals surface area contributed by atoms with Gasteiger partial charge in [-0.05, 0) is 249 Å². The van der Waals surface area contributed by atoms with Crippen molar-refractivity contribution in [2.45, 2.75) is 157 Å². The van der Waals surface area contributed by atoms with Crippen molar-refractivity contribution in [2.24, 2.45) is 0 Å². The molecule has 2 aromatic heterocycles. The summed E-state index contributed by atoms with van der Waals surface area (Å²) in [7, 11) is 0. The topological polar surface area (TPSA) is 19.6 Å². The summed E-state index contributed by atoms with van der Waals surface area (Å²) < 4.78 is 90.2. The van der Waals surface area contributed by atoms with Crippen molar-refractivity contribution < 1.29 is 12.3 Å². The van der Waals surface area contributed by atoms with Crippen LogP contribution in [-0.4, -0.2) is 15.8 Å². The number of anilines is 9. The van der Waals surface area contributed by atoms with E-state index in [1.54, 1.807) is 4.90 Å². The average molecular weight is 1640 g/mol. The average Bonchev–Trinajstić information content (AvgIpc) is 1.29. The molecule has 0 aliphatic carbocycles. The maximum atomic E-state index is 10.4. The summed E-state index contributed by atoms with van der Waals surface area (Å²) in [4.78, 5) is 6.89. The monoisotopic (exact) mass is 1640 g/mol. The Balaban J connectivity index is 0.992. The molecule has 18 aromatic rings. The molecule has 0 bridgehead atoms. The summed E-state index contributed by atoms with van der Waals surface area (Å²) in [6, 6.07) is 105. The SMILES string of the molecule is [2H]c1c([2H])c([2H])c(N(c2ccccc2)c2ccc3c(c2)c2c([2H])c([2H])c([2H])c([2H])c2n3-c2ccc3c(c2)N(c2c(-c4ccccc4)cc(C(C)(C)C)cc2-c2ccccc2)c2cc(-c4cc(C(C)(C)C)cc(C(C)(C)C)c4)cc4c2B3c2ccc(-n3c5ccc(C(C)(C)C)cc5c5cc(C(C)(C)C)ccc53)cc2N4c2c(-c3ccccc3)cc(C(C)(C)C)cc2-c2ccccc2)c([2H])c1[2H]. The lowest BCUT2D eigenvalue weighted by molar-refractivity contribution is 0.569. The minimum atomic E-state index is -0.538. The van der Waals surface area contributed by atoms with Crippen molar-refractivity contribution in [3.8, 4) is 67.0 Å². The van der Waals surface area contributed by atoms with Crippen molar-refractivity contribution in [2.75, 3.05) is 14.7 Å². The first kappa shape index (κ1) is 70.9. The van der Waals surface area contributed by atoms with Gasteiger partial charge in [-0.2, -0.15) is 0 Å². The number of benzene rings is 16. The van der Waals surface area contributed by atoms with Gasteiger partial charge in [-0.1, -0.05) is 343 Å². The van der Waals surface area contributed by atoms with Gasteiger partial charge in [0.05, 0.1) is 45.8 Å². The van der Waals surface area contributed by atoms with Crippen molar-refractivity contribution in [3.05, 3.63) is 385 Å². The summed E-state index contributed by atoms with van der Waals surface area (Å²) in [6.07, 6.45) is 0. The highest BCUT2D eigenvalue weighted by atomic mass is 15.2. The predicted octanol–water partition coefficient (Wildman–Crippen LogP) is 31.6. The Kier molecular flexibility index (Phi) is 17.0. The summed E-state index contributed by atoms with van der Waals surface area (Å²) >= 11 is 0. The van der Waals surface area contributed by atoms with E-state index in [9.17, 15) is 8.22 Å². The molecule has 2 aliphatic rings. The lowest BCUT2D eigenvalue weighted by Gasteiger charge is -2.46. The second-order valence-electron chi connectivity index (χ2n) is 40.8. The molecule has 16 aromatic carbocycles. The largest absolute Gasteiger partial charge is 0.310 e. The Morgan fingerprint density at radius 1 is 0.246 bits per heavy atom. The van der Waals surface area contributed by atoms with E-state index in [1.807, 2.05) is 53.1 Å². The Morgan fingerprint density at radius 3 is 1.00 bits per heavy atom. The van der Waals surface area contributed by atoms with Crippen LogP contribution in [0.4, 0.5) is 51.2 Å². The first-order chi connectivity index (χ1) is 64.0. The fraction of sp³-hybridized carbons (Fsp3) is 0.200. The number of hydrogen-bond donors (Lipinski definition) is 0. The molecular weight excluding hydrogens is 1520 g/mol. The maximum Gasteiger partial charge on any atom is 0.252 e. The van der Waals surface area contributed by atoms with E-state index in [0.29, 0.717) is 28.0 Å². The Bertz CT molecular complexity index is 7640. The molecule has 0 saturated heterocycles. The first-order valence-corrected chi connectivity index (χ1v) is 44.4. The normalized spacial score (nSPS) is 14.1. The molecular formula is C120H112BN5. The van der Waals surface area contributed by atoms with Crippen LogP contribution in [0.3, 0.4) is 0 Å². The molecule has 0 fully saturated rings. The standard InChI is InChI=1S/C120H112BN5/c1-115(2,3)83-53-60-105-99(68-83)100-69-84(116(4,5)6)54-61-106(100)124(105)93-56-59-103-109(76-93)126(114-97(79-43-29-21-30-44-79)72-88(120(16,17)18)73-98(114)80-45-31-22-32-46-80)111-66-82(81-63-85(117(7,8)9)67-86(64-81)118(10,11)12)65-110-112(111)121(103)102-58-55-92(75-108(102)125(110)113-95(77-39-25-19-26-40-77)70-87(119(13,14)15)71-96(113)78-41-27-20-28-42-78)123-104-52-38-37-51-94(104)101-74-91(57-62-107(101)123)122(89-47-33-23-34-48-89)90-49-35-24-36-50-90/h19-76H,1-18H3/i23D,33D,34D,37D,38D,47D,48D,51D,52D. The maximum absolute atomic E-state index is 10.4. The van der Waals surface area contributed by atoms with E-state index in [-0.39, 0.29) is 61.2 Å². The minimum absolute atomic E-state index is 0.0816. The second-order valence-corrected chi connectivity index (χ2v) is 40.8. The van der Waals surface area contributed by atoms with E-state index >= 15 is 0 Å². The summed E-state index contributed by atoms with van der Waals surface area (Å²) in [5.41, 5.74) is 30.1. The molecule has 0 amide bonds. The van der Waals surface area contributed by atoms with Crippen molar-refractivity contribution in [3.63, 3.8) is 0 Å². The smallest absolute Gasteiger partial charge is 0.252 e. The number of nitrogens with zero attached hydrogens (tertiary/aromatic N) is 5. The zero-order chi connectivity index (χ0) is 95.2. The van der Waals surface area contributed by atoms with E-state index < -0.39 is 49.0 Å². The van der Waals surface area contributed by atoms with Gasteiger partial charge in [0.25, 0.3) is 6.71 Å². The van der Waals surface area contributed by atoms with Gasteiger partial charge in [0.15, 0.2) is 0 Å². The van der Waals surface area contributed by atoms with E-state index in [4.69, 9.17) is 4.11 Å². The number of para-hydroxylation sites is 3. The molecule has 5 nitrogen and oxygen atoms in total. The third-order valence-electron chi connectivity index (χ3n) is 26.2. The quantitative estimate of drug-likeness (QED) is 0.114. The third kappa shape index (κ3) is 14.1. The van der Waals surface area contributed by atoms with Crippen molar-refractivity contribution in [1.82, 2.24) is 9.13 Å². The minimum Gasteiger partial charge on any atom is -0.310 e. The molecule has 6 heteroatoms. The van der Waals surface area contributed by atoms with E-state index in [1.165, 1.54) is 38.6 Å². The number of rotatable bonds is 12. The van der Waals surface area contributed by atoms with E-state index in [0.717, 1.165) is 128 Å². The van der Waals surface area contributed by atoms with Gasteiger partial charge in [-0.25, -0.2) is 0 Å². The number of aromatic nitrogens is 2.